The molecule has 0 radical (unpaired) electrons. The Labute approximate surface area is 119 Å². The van der Waals surface area contributed by atoms with E-state index >= 15 is 0 Å². The largest absolute Gasteiger partial charge is 0.381 e. The van der Waals surface area contributed by atoms with Crippen LogP contribution in [0, 0.1) is 5.92 Å². The van der Waals surface area contributed by atoms with Crippen LogP contribution in [0.5, 0.6) is 0 Å². The average molecular weight is 277 g/mol. The van der Waals surface area contributed by atoms with Gasteiger partial charge in [-0.3, -0.25) is 9.89 Å². The highest BCUT2D eigenvalue weighted by Crippen LogP contribution is 2.27. The number of hydrogen-bond acceptors (Lipinski definition) is 3. The first-order chi connectivity index (χ1) is 9.83. The van der Waals surface area contributed by atoms with Crippen LogP contribution in [0.1, 0.15) is 43.7 Å². The van der Waals surface area contributed by atoms with E-state index in [4.69, 9.17) is 4.74 Å². The number of aromatic nitrogens is 2. The fraction of sp³-hybridized carbons (Fsp3) is 0.733. The Morgan fingerprint density at radius 1 is 1.40 bits per heavy atom. The highest BCUT2D eigenvalue weighted by Gasteiger charge is 2.26. The molecule has 3 rings (SSSR count). The number of carbonyl (C=O) groups is 1. The number of carbonyl (C=O) groups excluding carboxylic acids is 1. The van der Waals surface area contributed by atoms with Crippen molar-refractivity contribution in [2.45, 2.75) is 38.0 Å². The molecule has 0 aliphatic carbocycles. The average Bonchev–Trinajstić information content (AvgIpc) is 3.03. The monoisotopic (exact) mass is 277 g/mol. The van der Waals surface area contributed by atoms with Crippen molar-refractivity contribution in [2.24, 2.45) is 5.92 Å². The highest BCUT2D eigenvalue weighted by molar-refractivity contribution is 5.76. The third-order valence-electron chi connectivity index (χ3n) is 4.53. The van der Waals surface area contributed by atoms with Gasteiger partial charge in [-0.2, -0.15) is 5.10 Å². The molecule has 1 unspecified atom stereocenters. The lowest BCUT2D eigenvalue weighted by molar-refractivity contribution is -0.134. The van der Waals surface area contributed by atoms with Gasteiger partial charge >= 0.3 is 0 Å². The van der Waals surface area contributed by atoms with Gasteiger partial charge in [-0.1, -0.05) is 0 Å². The molecule has 0 saturated carbocycles. The Kier molecular flexibility index (Phi) is 4.35. The minimum absolute atomic E-state index is 0.309. The first-order valence-corrected chi connectivity index (χ1v) is 7.67. The predicted molar refractivity (Wildman–Crippen MR) is 75.3 cm³/mol. The predicted octanol–water partition coefficient (Wildman–Crippen LogP) is 1.93. The molecule has 5 heteroatoms. The lowest BCUT2D eigenvalue weighted by atomic mass is 9.92. The number of nitrogens with zero attached hydrogens (tertiary/aromatic N) is 2. The third kappa shape index (κ3) is 3.20. The summed E-state index contributed by atoms with van der Waals surface area (Å²) in [5.74, 6) is 1.27. The SMILES string of the molecule is O=C(CC1CCCOC1)N1CCC(c2ccn[nH]2)CC1. The Bertz CT molecular complexity index is 418. The molecule has 1 N–H and O–H groups in total. The molecule has 1 amide bonds. The molecule has 110 valence electrons. The van der Waals surface area contributed by atoms with Gasteiger partial charge in [-0.25, -0.2) is 0 Å². The zero-order chi connectivity index (χ0) is 13.8. The van der Waals surface area contributed by atoms with E-state index in [9.17, 15) is 4.79 Å². The van der Waals surface area contributed by atoms with Crippen LogP contribution in [-0.2, 0) is 9.53 Å². The summed E-state index contributed by atoms with van der Waals surface area (Å²) in [6.07, 6.45) is 6.77. The van der Waals surface area contributed by atoms with Gasteiger partial charge in [0, 0.05) is 50.5 Å². The molecule has 1 atom stereocenters. The van der Waals surface area contributed by atoms with E-state index in [0.29, 0.717) is 24.2 Å². The molecular weight excluding hydrogens is 254 g/mol. The van der Waals surface area contributed by atoms with Crippen LogP contribution in [0.15, 0.2) is 12.3 Å². The first-order valence-electron chi connectivity index (χ1n) is 7.67. The summed E-state index contributed by atoms with van der Waals surface area (Å²) in [5, 5.41) is 7.06. The van der Waals surface area contributed by atoms with E-state index in [2.05, 4.69) is 10.2 Å². The Balaban J connectivity index is 1.46. The Morgan fingerprint density at radius 3 is 2.90 bits per heavy atom. The summed E-state index contributed by atoms with van der Waals surface area (Å²) >= 11 is 0. The summed E-state index contributed by atoms with van der Waals surface area (Å²) in [6.45, 7) is 3.36. The van der Waals surface area contributed by atoms with Gasteiger partial charge in [0.05, 0.1) is 0 Å². The number of H-pyrrole nitrogens is 1. The van der Waals surface area contributed by atoms with Crippen molar-refractivity contribution in [3.63, 3.8) is 0 Å². The number of hydrogen-bond donors (Lipinski definition) is 1. The van der Waals surface area contributed by atoms with Gasteiger partial charge in [-0.15, -0.1) is 0 Å². The smallest absolute Gasteiger partial charge is 0.222 e. The van der Waals surface area contributed by atoms with Crippen LogP contribution in [0.4, 0.5) is 0 Å². The first kappa shape index (κ1) is 13.6. The summed E-state index contributed by atoms with van der Waals surface area (Å²) in [6, 6.07) is 2.04. The fourth-order valence-corrected chi connectivity index (χ4v) is 3.28. The normalized spacial score (nSPS) is 24.8. The standard InChI is InChI=1S/C15H23N3O2/c19-15(10-12-2-1-9-20-11-12)18-7-4-13(5-8-18)14-3-6-16-17-14/h3,6,12-13H,1-2,4-5,7-11H2,(H,16,17). The maximum Gasteiger partial charge on any atom is 0.222 e. The zero-order valence-corrected chi connectivity index (χ0v) is 11.9. The Morgan fingerprint density at radius 2 is 2.25 bits per heavy atom. The quantitative estimate of drug-likeness (QED) is 0.918. The number of amides is 1. The van der Waals surface area contributed by atoms with Crippen molar-refractivity contribution in [1.82, 2.24) is 15.1 Å². The van der Waals surface area contributed by atoms with Crippen LogP contribution in [0.2, 0.25) is 0 Å². The number of piperidine rings is 1. The Hall–Kier alpha value is -1.36. The minimum atomic E-state index is 0.309. The number of ether oxygens (including phenoxy) is 1. The number of rotatable bonds is 3. The van der Waals surface area contributed by atoms with Gasteiger partial charge < -0.3 is 9.64 Å². The molecule has 0 aromatic carbocycles. The lowest BCUT2D eigenvalue weighted by Crippen LogP contribution is -2.39. The van der Waals surface area contributed by atoms with Crippen molar-refractivity contribution in [3.05, 3.63) is 18.0 Å². The van der Waals surface area contributed by atoms with Crippen LogP contribution in [0.3, 0.4) is 0 Å². The van der Waals surface area contributed by atoms with Crippen molar-refractivity contribution >= 4 is 5.91 Å². The van der Waals surface area contributed by atoms with E-state index in [-0.39, 0.29) is 0 Å². The molecule has 3 heterocycles. The summed E-state index contributed by atoms with van der Waals surface area (Å²) in [5.41, 5.74) is 1.21. The maximum atomic E-state index is 12.3. The molecule has 2 aliphatic rings. The van der Waals surface area contributed by atoms with Crippen molar-refractivity contribution < 1.29 is 9.53 Å². The van der Waals surface area contributed by atoms with Gasteiger partial charge in [0.1, 0.15) is 0 Å². The van der Waals surface area contributed by atoms with Crippen molar-refractivity contribution in [1.29, 1.82) is 0 Å². The number of nitrogens with one attached hydrogen (secondary N) is 1. The van der Waals surface area contributed by atoms with Crippen molar-refractivity contribution in [3.8, 4) is 0 Å². The van der Waals surface area contributed by atoms with Gasteiger partial charge in [0.15, 0.2) is 0 Å². The van der Waals surface area contributed by atoms with E-state index in [1.54, 1.807) is 6.20 Å². The molecule has 5 nitrogen and oxygen atoms in total. The molecule has 20 heavy (non-hydrogen) atoms. The minimum Gasteiger partial charge on any atom is -0.381 e. The highest BCUT2D eigenvalue weighted by atomic mass is 16.5. The van der Waals surface area contributed by atoms with E-state index < -0.39 is 0 Å². The van der Waals surface area contributed by atoms with Crippen LogP contribution in [0.25, 0.3) is 0 Å². The molecule has 1 aromatic heterocycles. The van der Waals surface area contributed by atoms with Crippen LogP contribution in [-0.4, -0.2) is 47.3 Å². The topological polar surface area (TPSA) is 58.2 Å². The number of aromatic amines is 1. The van der Waals surface area contributed by atoms with E-state index in [0.717, 1.165) is 52.0 Å². The lowest BCUT2D eigenvalue weighted by Gasteiger charge is -2.33. The van der Waals surface area contributed by atoms with Gasteiger partial charge in [-0.05, 0) is 37.7 Å². The zero-order valence-electron chi connectivity index (χ0n) is 11.9. The van der Waals surface area contributed by atoms with Crippen LogP contribution < -0.4 is 0 Å². The second-order valence-electron chi connectivity index (χ2n) is 5.95. The number of likely N-dealkylation sites (tertiary alicyclic amines) is 1. The molecule has 2 fully saturated rings. The fourth-order valence-electron chi connectivity index (χ4n) is 3.28. The molecule has 0 bridgehead atoms. The van der Waals surface area contributed by atoms with Crippen LogP contribution >= 0.6 is 0 Å². The molecular formula is C15H23N3O2. The molecule has 2 saturated heterocycles. The van der Waals surface area contributed by atoms with E-state index in [1.807, 2.05) is 11.0 Å². The van der Waals surface area contributed by atoms with Gasteiger partial charge in [0.25, 0.3) is 0 Å². The maximum absolute atomic E-state index is 12.3. The molecule has 0 spiro atoms. The summed E-state index contributed by atoms with van der Waals surface area (Å²) in [7, 11) is 0. The molecule has 2 aliphatic heterocycles. The second kappa shape index (κ2) is 6.39. The van der Waals surface area contributed by atoms with Gasteiger partial charge in [0.2, 0.25) is 5.91 Å². The second-order valence-corrected chi connectivity index (χ2v) is 5.95. The summed E-state index contributed by atoms with van der Waals surface area (Å²) in [4.78, 5) is 14.3. The third-order valence-corrected chi connectivity index (χ3v) is 4.53. The van der Waals surface area contributed by atoms with E-state index in [1.165, 1.54) is 5.69 Å². The molecule has 1 aromatic rings. The van der Waals surface area contributed by atoms with Crippen molar-refractivity contribution in [2.75, 3.05) is 26.3 Å². The summed E-state index contributed by atoms with van der Waals surface area (Å²) < 4.78 is 5.45.